The number of carboxylic acid groups (broad SMARTS) is 3. The number of nitriles is 2. The summed E-state index contributed by atoms with van der Waals surface area (Å²) in [6, 6.07) is 8.41. The first-order valence-electron chi connectivity index (χ1n) is 17.9. The molecule has 7 N–H and O–H groups in total. The Kier molecular flexibility index (Phi) is 18.4. The Balaban J connectivity index is 0.000000353. The van der Waals surface area contributed by atoms with E-state index in [-0.39, 0.29) is 56.0 Å². The predicted molar refractivity (Wildman–Crippen MR) is 216 cm³/mol. The number of nitrogens with one attached hydrogen (secondary N) is 2. The first-order valence-corrected chi connectivity index (χ1v) is 20.6. The number of nitrogens with zero attached hydrogens (tertiary/aromatic N) is 6. The molecule has 2 saturated heterocycles. The molecule has 3 aromatic rings. The third-order valence-electron chi connectivity index (χ3n) is 7.96. The van der Waals surface area contributed by atoms with Crippen LogP contribution in [-0.4, -0.2) is 121 Å². The van der Waals surface area contributed by atoms with Gasteiger partial charge in [0.2, 0.25) is 0 Å². The number of anilines is 2. The second-order valence-electron chi connectivity index (χ2n) is 14.7. The van der Waals surface area contributed by atoms with Crippen LogP contribution in [0.5, 0.6) is 0 Å². The van der Waals surface area contributed by atoms with E-state index in [1.807, 2.05) is 36.5 Å². The Morgan fingerprint density at radius 1 is 0.862 bits per heavy atom. The van der Waals surface area contributed by atoms with E-state index in [2.05, 4.69) is 21.4 Å². The van der Waals surface area contributed by atoms with E-state index < -0.39 is 52.3 Å². The van der Waals surface area contributed by atoms with Gasteiger partial charge in [0.1, 0.15) is 28.0 Å². The summed E-state index contributed by atoms with van der Waals surface area (Å²) in [4.78, 5) is 65.4. The van der Waals surface area contributed by atoms with Crippen LogP contribution in [0, 0.1) is 41.9 Å². The Labute approximate surface area is 374 Å². The van der Waals surface area contributed by atoms with E-state index in [9.17, 15) is 59.7 Å². The topological polar surface area (TPSA) is 319 Å². The number of carbonyl (C=O) groups is 5. The second-order valence-corrected chi connectivity index (χ2v) is 18.3. The molecule has 0 radical (unpaired) electrons. The zero-order valence-corrected chi connectivity index (χ0v) is 36.7. The van der Waals surface area contributed by atoms with Crippen molar-refractivity contribution in [1.82, 2.24) is 20.0 Å². The first-order chi connectivity index (χ1) is 29.7. The molecule has 5 heterocycles. The van der Waals surface area contributed by atoms with Crippen molar-refractivity contribution in [3.05, 3.63) is 62.2 Å². The van der Waals surface area contributed by atoms with Crippen LogP contribution >= 0.6 is 22.9 Å². The Bertz CT molecular complexity index is 2450. The van der Waals surface area contributed by atoms with Crippen molar-refractivity contribution >= 4 is 74.5 Å². The van der Waals surface area contributed by atoms with Crippen LogP contribution in [0.1, 0.15) is 64.0 Å². The summed E-state index contributed by atoms with van der Waals surface area (Å²) in [6.45, 7) is 11.5. The fourth-order valence-corrected chi connectivity index (χ4v) is 7.27. The smallest absolute Gasteiger partial charge is 0.478 e. The number of aliphatic carboxylic acids is 2. The summed E-state index contributed by atoms with van der Waals surface area (Å²) in [5.74, 6) is -6.22. The molecular weight excluding hydrogens is 948 g/mol. The molecule has 2 aliphatic heterocycles. The number of sulfonamides is 1. The van der Waals surface area contributed by atoms with E-state index in [4.69, 9.17) is 47.0 Å². The molecule has 0 aliphatic carbocycles. The van der Waals surface area contributed by atoms with E-state index in [1.54, 1.807) is 17.9 Å². The average Bonchev–Trinajstić information content (AvgIpc) is 3.60. The molecular formula is C36H38ClF6N9O11S2. The minimum absolute atomic E-state index is 0.0567. The SMILES string of the molecule is Cc1nc(N2CC(N)C2)c(C#N)cc1C(=O)OCC(C)(C)C.Cc1nc(N2CC(NC(=O)NS(=O)(=O)c3ccc(Cl)s3)C2)c(C#N)cc1C(=O)O.O=C(O)C(F)(F)F.O=C(O)C(F)(F)F. The van der Waals surface area contributed by atoms with E-state index in [1.165, 1.54) is 25.1 Å². The minimum Gasteiger partial charge on any atom is -0.478 e. The molecule has 0 bridgehead atoms. The highest BCUT2D eigenvalue weighted by Gasteiger charge is 2.39. The quantitative estimate of drug-likeness (QED) is 0.134. The van der Waals surface area contributed by atoms with Crippen molar-refractivity contribution in [3.63, 3.8) is 0 Å². The number of alkyl halides is 6. The maximum Gasteiger partial charge on any atom is 0.490 e. The maximum absolute atomic E-state index is 12.2. The van der Waals surface area contributed by atoms with Crippen LogP contribution in [0.25, 0.3) is 0 Å². The molecule has 20 nitrogen and oxygen atoms in total. The molecule has 0 atom stereocenters. The van der Waals surface area contributed by atoms with Gasteiger partial charge in [-0.15, -0.1) is 11.3 Å². The van der Waals surface area contributed by atoms with Gasteiger partial charge >= 0.3 is 42.3 Å². The van der Waals surface area contributed by atoms with Crippen molar-refractivity contribution in [2.24, 2.45) is 11.1 Å². The van der Waals surface area contributed by atoms with Gasteiger partial charge in [-0.2, -0.15) is 36.9 Å². The number of urea groups is 1. The summed E-state index contributed by atoms with van der Waals surface area (Å²) < 4.78 is 95.1. The third kappa shape index (κ3) is 16.5. The highest BCUT2D eigenvalue weighted by Crippen LogP contribution is 2.28. The second kappa shape index (κ2) is 21.9. The summed E-state index contributed by atoms with van der Waals surface area (Å²) >= 11 is 6.54. The molecule has 0 aromatic carbocycles. The fourth-order valence-electron chi connectivity index (χ4n) is 4.87. The lowest BCUT2D eigenvalue weighted by Crippen LogP contribution is -2.61. The van der Waals surface area contributed by atoms with E-state index >= 15 is 0 Å². The third-order valence-corrected chi connectivity index (χ3v) is 11.0. The molecule has 29 heteroatoms. The number of amides is 2. The fraction of sp³-hybridized carbons (Fsp3) is 0.417. The van der Waals surface area contributed by atoms with Crippen molar-refractivity contribution in [2.75, 3.05) is 42.6 Å². The van der Waals surface area contributed by atoms with Crippen LogP contribution in [0.3, 0.4) is 0 Å². The lowest BCUT2D eigenvalue weighted by Gasteiger charge is -2.40. The number of halogens is 7. The van der Waals surface area contributed by atoms with Gasteiger partial charge in [-0.25, -0.2) is 47.1 Å². The minimum atomic E-state index is -5.08. The van der Waals surface area contributed by atoms with Crippen LogP contribution < -0.4 is 25.6 Å². The Morgan fingerprint density at radius 3 is 1.66 bits per heavy atom. The molecule has 65 heavy (non-hydrogen) atoms. The van der Waals surface area contributed by atoms with Crippen LogP contribution in [0.4, 0.5) is 42.8 Å². The van der Waals surface area contributed by atoms with Gasteiger partial charge in [-0.05, 0) is 43.5 Å². The number of aromatic nitrogens is 2. The van der Waals surface area contributed by atoms with Crippen molar-refractivity contribution in [1.29, 1.82) is 10.5 Å². The van der Waals surface area contributed by atoms with Gasteiger partial charge in [0.25, 0.3) is 10.0 Å². The zero-order chi connectivity index (χ0) is 50.0. The molecule has 2 fully saturated rings. The summed E-state index contributed by atoms with van der Waals surface area (Å²) in [6.07, 6.45) is -10.2. The van der Waals surface area contributed by atoms with E-state index in [0.717, 1.165) is 11.3 Å². The number of hydrogen-bond donors (Lipinski definition) is 6. The number of carbonyl (C=O) groups excluding carboxylic acids is 2. The summed E-state index contributed by atoms with van der Waals surface area (Å²) in [5.41, 5.74) is 7.25. The van der Waals surface area contributed by atoms with Crippen molar-refractivity contribution in [3.8, 4) is 12.1 Å². The molecule has 3 aromatic heterocycles. The predicted octanol–water partition coefficient (Wildman–Crippen LogP) is 4.43. The summed E-state index contributed by atoms with van der Waals surface area (Å²) in [7, 11) is -4.02. The maximum atomic E-state index is 12.2. The van der Waals surface area contributed by atoms with E-state index in [0.29, 0.717) is 48.2 Å². The number of hydrogen-bond acceptors (Lipinski definition) is 16. The van der Waals surface area contributed by atoms with Gasteiger partial charge in [0.05, 0.1) is 50.6 Å². The van der Waals surface area contributed by atoms with Gasteiger partial charge in [-0.1, -0.05) is 32.4 Å². The van der Waals surface area contributed by atoms with Gasteiger partial charge in [-0.3, -0.25) is 0 Å². The van der Waals surface area contributed by atoms with Crippen molar-refractivity contribution < 1.29 is 78.8 Å². The molecule has 2 amide bonds. The molecule has 0 saturated carbocycles. The molecule has 0 spiro atoms. The van der Waals surface area contributed by atoms with Gasteiger partial charge in [0, 0.05) is 32.2 Å². The van der Waals surface area contributed by atoms with Gasteiger partial charge < -0.3 is 40.9 Å². The lowest BCUT2D eigenvalue weighted by atomic mass is 9.98. The Hall–Kier alpha value is -6.49. The number of aryl methyl sites for hydroxylation is 2. The number of nitrogens with two attached hydrogens (primary N) is 1. The highest BCUT2D eigenvalue weighted by atomic mass is 35.5. The number of ether oxygens (including phenoxy) is 1. The van der Waals surface area contributed by atoms with Crippen molar-refractivity contribution in [2.45, 2.75) is 63.3 Å². The number of aromatic carboxylic acids is 1. The first kappa shape index (κ1) is 54.6. The highest BCUT2D eigenvalue weighted by molar-refractivity contribution is 7.92. The molecule has 354 valence electrons. The summed E-state index contributed by atoms with van der Waals surface area (Å²) in [5, 5.41) is 44.5. The van der Waals surface area contributed by atoms with Crippen LogP contribution in [-0.2, 0) is 24.3 Å². The number of carboxylic acids is 3. The molecule has 5 rings (SSSR count). The molecule has 2 aliphatic rings. The van der Waals surface area contributed by atoms with Gasteiger partial charge in [0.15, 0.2) is 0 Å². The number of thiophene rings is 1. The van der Waals surface area contributed by atoms with Crippen LogP contribution in [0.15, 0.2) is 28.5 Å². The largest absolute Gasteiger partial charge is 0.490 e. The molecule has 0 unspecified atom stereocenters. The van der Waals surface area contributed by atoms with Crippen LogP contribution in [0.2, 0.25) is 4.34 Å². The standard InChI is InChI=1S/C16H14ClN5O5S2.C16H22N4O2.2C2HF3O2/c1-8-11(15(23)24)4-9(5-18)14(19-8)22-6-10(7-22)20-16(25)21-29(26,27)13-3-2-12(17)28-13;1-10-13(15(21)22-9-16(2,3)4)5-11(6-17)14(19-10)20-7-12(18)8-20;2*3-2(4,5)1(6)7/h2-4,10H,6-7H2,1H3,(H,23,24)(H2,20,21,25);5,12H,7-9,18H2,1-4H3;2*(H,6,7). The lowest BCUT2D eigenvalue weighted by molar-refractivity contribution is -0.193. The number of rotatable bonds is 8. The Morgan fingerprint density at radius 2 is 1.29 bits per heavy atom. The number of pyridine rings is 2. The average molecular weight is 986 g/mol. The normalized spacial score (nSPS) is 13.8. The zero-order valence-electron chi connectivity index (χ0n) is 34.3. The monoisotopic (exact) mass is 985 g/mol. The number of esters is 1.